The Kier molecular flexibility index (Phi) is 3.72. The van der Waals surface area contributed by atoms with Crippen LogP contribution in [0.4, 0.5) is 13.2 Å². The molecule has 0 saturated heterocycles. The average molecular weight is 255 g/mol. The molecule has 5 heteroatoms. The Hall–Kier alpha value is -1.75. The number of nitrogens with one attached hydrogen (secondary N) is 1. The van der Waals surface area contributed by atoms with E-state index in [0.717, 1.165) is 23.7 Å². The third-order valence-corrected chi connectivity index (χ3v) is 2.47. The summed E-state index contributed by atoms with van der Waals surface area (Å²) < 4.78 is 43.9. The zero-order valence-electron chi connectivity index (χ0n) is 9.77. The van der Waals surface area contributed by atoms with E-state index in [1.54, 1.807) is 0 Å². The van der Waals surface area contributed by atoms with Crippen molar-refractivity contribution in [2.75, 3.05) is 0 Å². The first kappa shape index (κ1) is 12.7. The number of halogens is 3. The quantitative estimate of drug-likeness (QED) is 0.848. The summed E-state index contributed by atoms with van der Waals surface area (Å²) in [6.07, 6.45) is 0. The van der Waals surface area contributed by atoms with Crippen LogP contribution in [0.1, 0.15) is 17.1 Å². The van der Waals surface area contributed by atoms with Crippen LogP contribution in [0.2, 0.25) is 0 Å². The van der Waals surface area contributed by atoms with Gasteiger partial charge >= 0.3 is 0 Å². The molecule has 0 bridgehead atoms. The maximum atomic E-state index is 12.9. The Morgan fingerprint density at radius 3 is 2.28 bits per heavy atom. The van der Waals surface area contributed by atoms with E-state index in [9.17, 15) is 13.2 Å². The molecule has 0 aliphatic rings. The first-order valence-electron chi connectivity index (χ1n) is 5.45. The molecule has 1 heterocycles. The molecule has 0 atom stereocenters. The highest BCUT2D eigenvalue weighted by Crippen LogP contribution is 2.13. The molecule has 0 spiro atoms. The predicted molar refractivity (Wildman–Crippen MR) is 60.3 cm³/mol. The van der Waals surface area contributed by atoms with Crippen LogP contribution < -0.4 is 5.32 Å². The smallest absolute Gasteiger partial charge is 0.194 e. The number of hydrogen-bond donors (Lipinski definition) is 1. The van der Waals surface area contributed by atoms with Crippen molar-refractivity contribution < 1.29 is 17.6 Å². The summed E-state index contributed by atoms with van der Waals surface area (Å²) in [6.45, 7) is 2.50. The summed E-state index contributed by atoms with van der Waals surface area (Å²) in [5.74, 6) is -2.28. The topological polar surface area (TPSA) is 25.2 Å². The highest BCUT2D eigenvalue weighted by atomic mass is 19.2. The molecule has 1 N–H and O–H groups in total. The van der Waals surface area contributed by atoms with Crippen molar-refractivity contribution in [3.05, 3.63) is 58.8 Å². The van der Waals surface area contributed by atoms with Crippen LogP contribution >= 0.6 is 0 Å². The largest absolute Gasteiger partial charge is 0.465 e. The van der Waals surface area contributed by atoms with Gasteiger partial charge in [0, 0.05) is 6.54 Å². The van der Waals surface area contributed by atoms with Crippen molar-refractivity contribution in [2.24, 2.45) is 0 Å². The molecular formula is C13H12F3NO. The molecule has 96 valence electrons. The second-order valence-corrected chi connectivity index (χ2v) is 3.99. The maximum Gasteiger partial charge on any atom is 0.194 e. The minimum Gasteiger partial charge on any atom is -0.465 e. The Morgan fingerprint density at radius 1 is 1.06 bits per heavy atom. The van der Waals surface area contributed by atoms with E-state index in [1.807, 2.05) is 19.1 Å². The van der Waals surface area contributed by atoms with E-state index < -0.39 is 17.5 Å². The lowest BCUT2D eigenvalue weighted by Crippen LogP contribution is -2.13. The van der Waals surface area contributed by atoms with Gasteiger partial charge in [0.2, 0.25) is 0 Å². The Bertz CT molecular complexity index is 528. The molecule has 2 nitrogen and oxygen atoms in total. The first-order valence-corrected chi connectivity index (χ1v) is 5.45. The van der Waals surface area contributed by atoms with Crippen LogP contribution in [0.25, 0.3) is 0 Å². The van der Waals surface area contributed by atoms with Crippen molar-refractivity contribution >= 4 is 0 Å². The number of benzene rings is 1. The SMILES string of the molecule is Cc1ccc(CNCc2cc(F)c(F)c(F)c2)o1. The van der Waals surface area contributed by atoms with Gasteiger partial charge in [-0.3, -0.25) is 0 Å². The zero-order valence-corrected chi connectivity index (χ0v) is 9.77. The fraction of sp³-hybridized carbons (Fsp3) is 0.231. The van der Waals surface area contributed by atoms with E-state index in [-0.39, 0.29) is 6.54 Å². The fourth-order valence-corrected chi connectivity index (χ4v) is 1.62. The lowest BCUT2D eigenvalue weighted by atomic mass is 10.2. The van der Waals surface area contributed by atoms with Gasteiger partial charge in [-0.25, -0.2) is 13.2 Å². The molecule has 0 radical (unpaired) electrons. The highest BCUT2D eigenvalue weighted by Gasteiger charge is 2.10. The molecule has 2 aromatic rings. The van der Waals surface area contributed by atoms with E-state index in [1.165, 1.54) is 0 Å². The Morgan fingerprint density at radius 2 is 1.72 bits per heavy atom. The van der Waals surface area contributed by atoms with Gasteiger partial charge in [-0.15, -0.1) is 0 Å². The van der Waals surface area contributed by atoms with Crippen LogP contribution in [-0.4, -0.2) is 0 Å². The lowest BCUT2D eigenvalue weighted by molar-refractivity contribution is 0.442. The molecule has 0 aliphatic carbocycles. The van der Waals surface area contributed by atoms with Gasteiger partial charge in [0.25, 0.3) is 0 Å². The number of hydrogen-bond acceptors (Lipinski definition) is 2. The molecule has 18 heavy (non-hydrogen) atoms. The van der Waals surface area contributed by atoms with Gasteiger partial charge in [0.1, 0.15) is 11.5 Å². The van der Waals surface area contributed by atoms with Crippen molar-refractivity contribution in [1.82, 2.24) is 5.32 Å². The molecule has 0 amide bonds. The van der Waals surface area contributed by atoms with Crippen LogP contribution in [-0.2, 0) is 13.1 Å². The summed E-state index contributed by atoms with van der Waals surface area (Å²) in [5.41, 5.74) is 0.342. The number of furan rings is 1. The fourth-order valence-electron chi connectivity index (χ4n) is 1.62. The summed E-state index contributed by atoms with van der Waals surface area (Å²) >= 11 is 0. The van der Waals surface area contributed by atoms with E-state index in [4.69, 9.17) is 4.42 Å². The monoisotopic (exact) mass is 255 g/mol. The minimum absolute atomic E-state index is 0.230. The lowest BCUT2D eigenvalue weighted by Gasteiger charge is -2.04. The number of aryl methyl sites for hydroxylation is 1. The Labute approximate surface area is 102 Å². The summed E-state index contributed by atoms with van der Waals surface area (Å²) in [5, 5.41) is 2.96. The van der Waals surface area contributed by atoms with Crippen LogP contribution in [0, 0.1) is 24.4 Å². The standard InChI is InChI=1S/C13H12F3NO/c1-8-2-3-10(18-8)7-17-6-9-4-11(14)13(16)12(15)5-9/h2-5,17H,6-7H2,1H3. The van der Waals surface area contributed by atoms with Crippen LogP contribution in [0.15, 0.2) is 28.7 Å². The predicted octanol–water partition coefficient (Wildman–Crippen LogP) is 3.30. The van der Waals surface area contributed by atoms with Gasteiger partial charge in [-0.05, 0) is 36.8 Å². The molecule has 0 fully saturated rings. The van der Waals surface area contributed by atoms with Crippen molar-refractivity contribution in [3.8, 4) is 0 Å². The van der Waals surface area contributed by atoms with Gasteiger partial charge in [-0.2, -0.15) is 0 Å². The molecule has 1 aromatic carbocycles. The summed E-state index contributed by atoms with van der Waals surface area (Å²) in [7, 11) is 0. The zero-order chi connectivity index (χ0) is 13.1. The van der Waals surface area contributed by atoms with Crippen molar-refractivity contribution in [1.29, 1.82) is 0 Å². The van der Waals surface area contributed by atoms with E-state index >= 15 is 0 Å². The van der Waals surface area contributed by atoms with Gasteiger partial charge < -0.3 is 9.73 Å². The average Bonchev–Trinajstić information content (AvgIpc) is 2.72. The summed E-state index contributed by atoms with van der Waals surface area (Å²) in [6, 6.07) is 5.58. The molecule has 2 rings (SSSR count). The maximum absolute atomic E-state index is 12.9. The Balaban J connectivity index is 1.94. The van der Waals surface area contributed by atoms with Crippen molar-refractivity contribution in [2.45, 2.75) is 20.0 Å². The van der Waals surface area contributed by atoms with Crippen molar-refractivity contribution in [3.63, 3.8) is 0 Å². The molecule has 0 aliphatic heterocycles. The van der Waals surface area contributed by atoms with Gasteiger partial charge in [0.05, 0.1) is 6.54 Å². The molecule has 0 unspecified atom stereocenters. The second-order valence-electron chi connectivity index (χ2n) is 3.99. The minimum atomic E-state index is -1.44. The molecule has 0 saturated carbocycles. The van der Waals surface area contributed by atoms with E-state index in [0.29, 0.717) is 12.1 Å². The highest BCUT2D eigenvalue weighted by molar-refractivity contribution is 5.19. The third-order valence-electron chi connectivity index (χ3n) is 2.47. The van der Waals surface area contributed by atoms with Gasteiger partial charge in [-0.1, -0.05) is 0 Å². The summed E-state index contributed by atoms with van der Waals surface area (Å²) in [4.78, 5) is 0. The normalized spacial score (nSPS) is 10.9. The number of rotatable bonds is 4. The van der Waals surface area contributed by atoms with Crippen LogP contribution in [0.5, 0.6) is 0 Å². The van der Waals surface area contributed by atoms with Gasteiger partial charge in [0.15, 0.2) is 17.5 Å². The van der Waals surface area contributed by atoms with E-state index in [2.05, 4.69) is 5.32 Å². The second kappa shape index (κ2) is 5.27. The molecule has 1 aromatic heterocycles. The first-order chi connectivity index (χ1) is 8.56. The van der Waals surface area contributed by atoms with Crippen LogP contribution in [0.3, 0.4) is 0 Å². The molecular weight excluding hydrogens is 243 g/mol. The third kappa shape index (κ3) is 2.92.